The zero-order valence-electron chi connectivity index (χ0n) is 24.6. The van der Waals surface area contributed by atoms with Gasteiger partial charge in [0.05, 0.1) is 0 Å². The average molecular weight is 589 g/mol. The Morgan fingerprint density at radius 1 is 0.267 bits per heavy atom. The highest BCUT2D eigenvalue weighted by molar-refractivity contribution is 7.26. The van der Waals surface area contributed by atoms with Crippen molar-refractivity contribution in [2.45, 2.75) is 0 Å². The highest BCUT2D eigenvalue weighted by atomic mass is 32.1. The van der Waals surface area contributed by atoms with Gasteiger partial charge < -0.3 is 0 Å². The van der Waals surface area contributed by atoms with Crippen LogP contribution in [0.25, 0.3) is 86.2 Å². The van der Waals surface area contributed by atoms with Gasteiger partial charge in [-0.15, -0.1) is 11.3 Å². The van der Waals surface area contributed by atoms with Crippen LogP contribution < -0.4 is 0 Å². The number of thiophene rings is 1. The second-order valence-electron chi connectivity index (χ2n) is 11.6. The van der Waals surface area contributed by atoms with Crippen molar-refractivity contribution < 1.29 is 0 Å². The summed E-state index contributed by atoms with van der Waals surface area (Å²) in [6.07, 6.45) is 0. The summed E-state index contributed by atoms with van der Waals surface area (Å²) in [5.74, 6) is 0. The molecule has 0 saturated carbocycles. The highest BCUT2D eigenvalue weighted by Crippen LogP contribution is 2.47. The van der Waals surface area contributed by atoms with Crippen LogP contribution in [0.4, 0.5) is 0 Å². The molecule has 0 aliphatic carbocycles. The summed E-state index contributed by atoms with van der Waals surface area (Å²) >= 11 is 1.88. The maximum atomic E-state index is 2.33. The molecule has 1 heterocycles. The highest BCUT2D eigenvalue weighted by Gasteiger charge is 2.19. The van der Waals surface area contributed by atoms with Gasteiger partial charge in [-0.2, -0.15) is 0 Å². The molecule has 9 aromatic rings. The molecular weight excluding hydrogens is 561 g/mol. The number of rotatable bonds is 4. The summed E-state index contributed by atoms with van der Waals surface area (Å²) < 4.78 is 2.65. The maximum Gasteiger partial charge on any atom is 0.0362 e. The van der Waals surface area contributed by atoms with Crippen molar-refractivity contribution in [3.8, 4) is 44.5 Å². The van der Waals surface area contributed by atoms with Gasteiger partial charge in [0.25, 0.3) is 0 Å². The van der Waals surface area contributed by atoms with Crippen LogP contribution >= 0.6 is 11.3 Å². The topological polar surface area (TPSA) is 0 Å². The van der Waals surface area contributed by atoms with E-state index in [1.54, 1.807) is 0 Å². The van der Waals surface area contributed by atoms with Crippen LogP contribution in [0, 0.1) is 0 Å². The van der Waals surface area contributed by atoms with E-state index in [0.717, 1.165) is 0 Å². The first-order chi connectivity index (χ1) is 22.3. The minimum atomic E-state index is 1.23. The molecule has 9 rings (SSSR count). The van der Waals surface area contributed by atoms with E-state index in [2.05, 4.69) is 170 Å². The fourth-order valence-electron chi connectivity index (χ4n) is 7.13. The predicted molar refractivity (Wildman–Crippen MR) is 196 cm³/mol. The van der Waals surface area contributed by atoms with E-state index in [0.29, 0.717) is 0 Å². The van der Waals surface area contributed by atoms with E-state index in [1.807, 2.05) is 11.3 Å². The number of fused-ring (bicyclic) bond motifs is 5. The monoisotopic (exact) mass is 588 g/mol. The molecule has 0 radical (unpaired) electrons. The normalized spacial score (nSPS) is 11.6. The Morgan fingerprint density at radius 2 is 0.689 bits per heavy atom. The molecule has 0 nitrogen and oxygen atoms in total. The summed E-state index contributed by atoms with van der Waals surface area (Å²) in [5.41, 5.74) is 10.1. The van der Waals surface area contributed by atoms with E-state index in [9.17, 15) is 0 Å². The molecule has 0 aliphatic rings. The quantitative estimate of drug-likeness (QED) is 0.179. The first-order valence-corrected chi connectivity index (χ1v) is 16.3. The molecule has 0 amide bonds. The Balaban J connectivity index is 1.30. The SMILES string of the molecule is c1ccc(-c2ccc3sc4ccccc4c3c2-c2ccc(-c3c4ccccc4c(-c4ccccc4)c4ccccc34)cc2)cc1. The molecule has 8 aromatic carbocycles. The summed E-state index contributed by atoms with van der Waals surface area (Å²) in [6, 6.07) is 62.1. The molecule has 1 aromatic heterocycles. The Kier molecular flexibility index (Phi) is 6.11. The first-order valence-electron chi connectivity index (χ1n) is 15.4. The largest absolute Gasteiger partial charge is 0.135 e. The molecule has 0 atom stereocenters. The lowest BCUT2D eigenvalue weighted by Gasteiger charge is -2.18. The molecule has 0 bridgehead atoms. The third-order valence-electron chi connectivity index (χ3n) is 9.08. The maximum absolute atomic E-state index is 2.33. The fourth-order valence-corrected chi connectivity index (χ4v) is 8.25. The van der Waals surface area contributed by atoms with E-state index in [-0.39, 0.29) is 0 Å². The Bertz CT molecular complexity index is 2450. The van der Waals surface area contributed by atoms with Gasteiger partial charge in [0.1, 0.15) is 0 Å². The third kappa shape index (κ3) is 4.20. The zero-order chi connectivity index (χ0) is 29.7. The van der Waals surface area contributed by atoms with Crippen LogP contribution in [0.15, 0.2) is 170 Å². The van der Waals surface area contributed by atoms with Gasteiger partial charge in [-0.3, -0.25) is 0 Å². The van der Waals surface area contributed by atoms with Gasteiger partial charge in [-0.25, -0.2) is 0 Å². The summed E-state index contributed by atoms with van der Waals surface area (Å²) in [7, 11) is 0. The zero-order valence-corrected chi connectivity index (χ0v) is 25.4. The second kappa shape index (κ2) is 10.6. The van der Waals surface area contributed by atoms with Crippen LogP contribution in [0.1, 0.15) is 0 Å². The first kappa shape index (κ1) is 25.9. The van der Waals surface area contributed by atoms with Gasteiger partial charge in [-0.1, -0.05) is 158 Å². The molecule has 0 spiro atoms. The summed E-state index contributed by atoms with van der Waals surface area (Å²) in [5, 5.41) is 7.78. The minimum Gasteiger partial charge on any atom is -0.135 e. The van der Waals surface area contributed by atoms with Crippen molar-refractivity contribution >= 4 is 53.1 Å². The predicted octanol–water partition coefficient (Wildman–Crippen LogP) is 13.0. The Labute approximate surface area is 266 Å². The van der Waals surface area contributed by atoms with Gasteiger partial charge in [0, 0.05) is 20.2 Å². The van der Waals surface area contributed by atoms with Gasteiger partial charge >= 0.3 is 0 Å². The van der Waals surface area contributed by atoms with Crippen LogP contribution in [0.2, 0.25) is 0 Å². The Morgan fingerprint density at radius 3 is 1.24 bits per heavy atom. The van der Waals surface area contributed by atoms with Crippen molar-refractivity contribution in [3.05, 3.63) is 170 Å². The average Bonchev–Trinajstić information content (AvgIpc) is 3.50. The number of hydrogen-bond acceptors (Lipinski definition) is 1. The lowest BCUT2D eigenvalue weighted by atomic mass is 9.85. The molecule has 0 unspecified atom stereocenters. The van der Waals surface area contributed by atoms with Crippen LogP contribution in [0.5, 0.6) is 0 Å². The van der Waals surface area contributed by atoms with E-state index < -0.39 is 0 Å². The summed E-state index contributed by atoms with van der Waals surface area (Å²) in [6.45, 7) is 0. The lowest BCUT2D eigenvalue weighted by molar-refractivity contribution is 1.61. The molecule has 45 heavy (non-hydrogen) atoms. The summed E-state index contributed by atoms with van der Waals surface area (Å²) in [4.78, 5) is 0. The van der Waals surface area contributed by atoms with Gasteiger partial charge in [0.2, 0.25) is 0 Å². The number of benzene rings is 8. The van der Waals surface area contributed by atoms with E-state index in [1.165, 1.54) is 86.2 Å². The molecule has 0 N–H and O–H groups in total. The second-order valence-corrected chi connectivity index (χ2v) is 12.7. The Hall–Kier alpha value is -5.50. The van der Waals surface area contributed by atoms with Crippen LogP contribution in [-0.4, -0.2) is 0 Å². The van der Waals surface area contributed by atoms with Crippen molar-refractivity contribution in [2.75, 3.05) is 0 Å². The minimum absolute atomic E-state index is 1.23. The molecule has 210 valence electrons. The van der Waals surface area contributed by atoms with Gasteiger partial charge in [0.15, 0.2) is 0 Å². The number of hydrogen-bond donors (Lipinski definition) is 0. The van der Waals surface area contributed by atoms with E-state index in [4.69, 9.17) is 0 Å². The van der Waals surface area contributed by atoms with Crippen molar-refractivity contribution in [1.82, 2.24) is 0 Å². The van der Waals surface area contributed by atoms with Crippen LogP contribution in [-0.2, 0) is 0 Å². The van der Waals surface area contributed by atoms with Gasteiger partial charge in [-0.05, 0) is 78.2 Å². The fraction of sp³-hybridized carbons (Fsp3) is 0. The third-order valence-corrected chi connectivity index (χ3v) is 10.2. The van der Waals surface area contributed by atoms with Crippen molar-refractivity contribution in [2.24, 2.45) is 0 Å². The van der Waals surface area contributed by atoms with Crippen molar-refractivity contribution in [3.63, 3.8) is 0 Å². The molecule has 1 heteroatoms. The van der Waals surface area contributed by atoms with Crippen molar-refractivity contribution in [1.29, 1.82) is 0 Å². The smallest absolute Gasteiger partial charge is 0.0362 e. The van der Waals surface area contributed by atoms with Crippen LogP contribution in [0.3, 0.4) is 0 Å². The molecular formula is C44H28S. The lowest BCUT2D eigenvalue weighted by Crippen LogP contribution is -1.91. The van der Waals surface area contributed by atoms with E-state index >= 15 is 0 Å². The molecule has 0 saturated heterocycles. The molecule has 0 aliphatic heterocycles. The molecule has 0 fully saturated rings. The standard InChI is InChI=1S/C44H28S/c1-3-13-29(14-4-1)33-27-28-40-44(38-21-11-12-22-39(38)45-40)43(33)32-25-23-31(24-26-32)42-36-19-9-7-17-34(36)41(30-15-5-2-6-16-30)35-18-8-10-20-37(35)42/h1-28H.